The third-order valence-electron chi connectivity index (χ3n) is 3.49. The maximum absolute atomic E-state index is 12.6. The van der Waals surface area contributed by atoms with E-state index in [4.69, 9.17) is 44.3 Å². The molecule has 1 aromatic rings. The molecule has 0 fully saturated rings. The van der Waals surface area contributed by atoms with Gasteiger partial charge in [0.25, 0.3) is 0 Å². The fourth-order valence-corrected chi connectivity index (χ4v) is 2.51. The number of esters is 1. The Balaban J connectivity index is 2.32. The van der Waals surface area contributed by atoms with Crippen molar-refractivity contribution in [3.63, 3.8) is 0 Å². The van der Waals surface area contributed by atoms with Crippen molar-refractivity contribution in [1.82, 2.24) is 0 Å². The van der Waals surface area contributed by atoms with Crippen molar-refractivity contribution in [1.29, 1.82) is 0 Å². The van der Waals surface area contributed by atoms with Crippen molar-refractivity contribution >= 4 is 58.8 Å². The van der Waals surface area contributed by atoms with Gasteiger partial charge in [-0.1, -0.05) is 53.0 Å². The van der Waals surface area contributed by atoms with Gasteiger partial charge in [-0.15, -0.1) is 0 Å². The number of amides is 1. The number of alkyl halides is 3. The van der Waals surface area contributed by atoms with Gasteiger partial charge < -0.3 is 9.47 Å². The van der Waals surface area contributed by atoms with Crippen molar-refractivity contribution in [3.05, 3.63) is 29.8 Å². The summed E-state index contributed by atoms with van der Waals surface area (Å²) >= 11 is 16.9. The molecule has 0 radical (unpaired) electrons. The van der Waals surface area contributed by atoms with Crippen LogP contribution in [0, 0.1) is 5.92 Å². The zero-order chi connectivity index (χ0) is 18.6. The van der Waals surface area contributed by atoms with E-state index in [0.717, 1.165) is 0 Å². The molecule has 25 heavy (non-hydrogen) atoms. The number of rotatable bonds is 4. The minimum Gasteiger partial charge on any atom is -0.466 e. The van der Waals surface area contributed by atoms with Crippen LogP contribution >= 0.6 is 34.8 Å². The molecule has 0 spiro atoms. The Morgan fingerprint density at radius 1 is 1.28 bits per heavy atom. The summed E-state index contributed by atoms with van der Waals surface area (Å²) in [5.41, 5.74) is 1.26. The number of hydrogen-bond acceptors (Lipinski definition) is 5. The Kier molecular flexibility index (Phi) is 6.54. The van der Waals surface area contributed by atoms with Crippen LogP contribution in [0.3, 0.4) is 0 Å². The van der Waals surface area contributed by atoms with Crippen LogP contribution in [0.5, 0.6) is 0 Å². The van der Waals surface area contributed by atoms with Gasteiger partial charge in [0.2, 0.25) is 3.79 Å². The van der Waals surface area contributed by atoms with Gasteiger partial charge in [0.15, 0.2) is 0 Å². The van der Waals surface area contributed by atoms with Crippen LogP contribution in [0.15, 0.2) is 29.3 Å². The largest absolute Gasteiger partial charge is 0.466 e. The van der Waals surface area contributed by atoms with E-state index in [-0.39, 0.29) is 6.61 Å². The van der Waals surface area contributed by atoms with Gasteiger partial charge in [-0.3, -0.25) is 14.7 Å². The third kappa shape index (κ3) is 5.00. The first-order valence-electron chi connectivity index (χ1n) is 7.56. The van der Waals surface area contributed by atoms with Crippen LogP contribution in [0.1, 0.15) is 19.4 Å². The second-order valence-corrected chi connectivity index (χ2v) is 7.85. The Hall–Kier alpha value is -1.50. The van der Waals surface area contributed by atoms with Crippen molar-refractivity contribution in [2.45, 2.75) is 23.8 Å². The van der Waals surface area contributed by atoms with Gasteiger partial charge >= 0.3 is 12.1 Å². The number of benzene rings is 1. The number of hydrogen-bond donors (Lipinski definition) is 0. The molecule has 9 heteroatoms. The average molecular weight is 408 g/mol. The molecule has 136 valence electrons. The minimum absolute atomic E-state index is 0.230. The Labute approximate surface area is 160 Å². The number of ether oxygens (including phenoxy) is 2. The Bertz CT molecular complexity index is 676. The zero-order valence-corrected chi connectivity index (χ0v) is 15.9. The van der Waals surface area contributed by atoms with E-state index in [2.05, 4.69) is 4.99 Å². The molecule has 1 heterocycles. The molecular weight excluding hydrogens is 391 g/mol. The first-order chi connectivity index (χ1) is 11.7. The van der Waals surface area contributed by atoms with Crippen LogP contribution in [0.25, 0.3) is 0 Å². The number of aliphatic imine (C=N–C) groups is 1. The molecule has 1 unspecified atom stereocenters. The molecule has 6 nitrogen and oxygen atoms in total. The standard InChI is InChI=1S/C16H17Cl3N2O4/c1-3-24-14(22)10(2)13-20-8-11-6-4-5-7-12(11)21(13)15(23)25-9-16(17,18)19/h4-8,10,13H,3,9H2,1-2H3/t10?,13-/m1/s1. The summed E-state index contributed by atoms with van der Waals surface area (Å²) in [4.78, 5) is 30.3. The predicted molar refractivity (Wildman–Crippen MR) is 97.7 cm³/mol. The molecule has 1 aliphatic rings. The summed E-state index contributed by atoms with van der Waals surface area (Å²) in [6.07, 6.45) is 0.0163. The van der Waals surface area contributed by atoms with Gasteiger partial charge in [-0.05, 0) is 19.9 Å². The summed E-state index contributed by atoms with van der Waals surface area (Å²) in [5.74, 6) is -1.17. The summed E-state index contributed by atoms with van der Waals surface area (Å²) in [5, 5.41) is 0. The van der Waals surface area contributed by atoms with Crippen LogP contribution in [-0.2, 0) is 14.3 Å². The highest BCUT2D eigenvalue weighted by Crippen LogP contribution is 2.31. The van der Waals surface area contributed by atoms with E-state index in [1.807, 2.05) is 6.07 Å². The molecule has 1 amide bonds. The van der Waals surface area contributed by atoms with E-state index in [9.17, 15) is 9.59 Å². The van der Waals surface area contributed by atoms with E-state index >= 15 is 0 Å². The second kappa shape index (κ2) is 8.25. The van der Waals surface area contributed by atoms with E-state index in [0.29, 0.717) is 11.3 Å². The number of carbonyl (C=O) groups excluding carboxylic acids is 2. The van der Waals surface area contributed by atoms with Gasteiger partial charge in [0.05, 0.1) is 18.2 Å². The van der Waals surface area contributed by atoms with Gasteiger partial charge in [-0.2, -0.15) is 0 Å². The first-order valence-corrected chi connectivity index (χ1v) is 8.69. The lowest BCUT2D eigenvalue weighted by atomic mass is 10.0. The summed E-state index contributed by atoms with van der Waals surface area (Å²) in [6.45, 7) is 3.13. The fourth-order valence-electron chi connectivity index (χ4n) is 2.35. The van der Waals surface area contributed by atoms with Crippen molar-refractivity contribution in [2.75, 3.05) is 18.1 Å². The quantitative estimate of drug-likeness (QED) is 0.560. The molecule has 2 rings (SSSR count). The number of anilines is 1. The number of nitrogens with zero attached hydrogens (tertiary/aromatic N) is 2. The van der Waals surface area contributed by atoms with Crippen LogP contribution in [0.2, 0.25) is 0 Å². The van der Waals surface area contributed by atoms with Crippen molar-refractivity contribution in [2.24, 2.45) is 10.9 Å². The Morgan fingerprint density at radius 3 is 2.60 bits per heavy atom. The lowest BCUT2D eigenvalue weighted by Crippen LogP contribution is -2.48. The van der Waals surface area contributed by atoms with Gasteiger partial charge in [0, 0.05) is 11.8 Å². The maximum atomic E-state index is 12.6. The molecule has 2 atom stereocenters. The summed E-state index contributed by atoms with van der Waals surface area (Å²) in [7, 11) is 0. The highest BCUT2D eigenvalue weighted by molar-refractivity contribution is 6.67. The molecule has 0 aromatic heterocycles. The normalized spacial score (nSPS) is 17.6. The first kappa shape index (κ1) is 19.8. The number of para-hydroxylation sites is 1. The van der Waals surface area contributed by atoms with E-state index in [1.54, 1.807) is 38.3 Å². The minimum atomic E-state index is -1.74. The van der Waals surface area contributed by atoms with Crippen molar-refractivity contribution in [3.8, 4) is 0 Å². The highest BCUT2D eigenvalue weighted by atomic mass is 35.6. The molecule has 1 aromatic carbocycles. The van der Waals surface area contributed by atoms with Crippen LogP contribution < -0.4 is 4.90 Å². The van der Waals surface area contributed by atoms with Gasteiger partial charge in [-0.25, -0.2) is 4.79 Å². The predicted octanol–water partition coefficient (Wildman–Crippen LogP) is 3.96. The number of fused-ring (bicyclic) bond motifs is 1. The van der Waals surface area contributed by atoms with Crippen molar-refractivity contribution < 1.29 is 19.1 Å². The lowest BCUT2D eigenvalue weighted by molar-refractivity contribution is -0.148. The van der Waals surface area contributed by atoms with E-state index < -0.39 is 34.5 Å². The van der Waals surface area contributed by atoms with Gasteiger partial charge in [0.1, 0.15) is 12.8 Å². The number of halogens is 3. The second-order valence-electron chi connectivity index (χ2n) is 5.33. The lowest BCUT2D eigenvalue weighted by Gasteiger charge is -2.34. The highest BCUT2D eigenvalue weighted by Gasteiger charge is 2.38. The molecule has 0 N–H and O–H groups in total. The summed E-state index contributed by atoms with van der Waals surface area (Å²) in [6, 6.07) is 7.09. The topological polar surface area (TPSA) is 68.2 Å². The number of carbonyl (C=O) groups is 2. The van der Waals surface area contributed by atoms with Crippen LogP contribution in [-0.4, -0.2) is 41.4 Å². The zero-order valence-electron chi connectivity index (χ0n) is 13.6. The molecule has 0 aliphatic carbocycles. The molecular formula is C16H17Cl3N2O4. The average Bonchev–Trinajstić information content (AvgIpc) is 2.57. The molecule has 0 saturated carbocycles. The summed E-state index contributed by atoms with van der Waals surface area (Å²) < 4.78 is 8.38. The molecule has 0 saturated heterocycles. The van der Waals surface area contributed by atoms with E-state index in [1.165, 1.54) is 4.90 Å². The fraction of sp³-hybridized carbons (Fsp3) is 0.438. The Morgan fingerprint density at radius 2 is 1.96 bits per heavy atom. The smallest absolute Gasteiger partial charge is 0.416 e. The SMILES string of the molecule is CCOC(=O)C(C)[C@@H]1N=Cc2ccccc2N1C(=O)OCC(Cl)(Cl)Cl. The molecule has 1 aliphatic heterocycles. The maximum Gasteiger partial charge on any atom is 0.416 e. The molecule has 0 bridgehead atoms. The monoisotopic (exact) mass is 406 g/mol. The third-order valence-corrected chi connectivity index (χ3v) is 3.82. The van der Waals surface area contributed by atoms with Crippen LogP contribution in [0.4, 0.5) is 10.5 Å².